The second kappa shape index (κ2) is 6.95. The van der Waals surface area contributed by atoms with Crippen molar-refractivity contribution >= 4 is 5.91 Å². The molecule has 1 aromatic heterocycles. The van der Waals surface area contributed by atoms with Gasteiger partial charge in [-0.05, 0) is 24.8 Å². The second-order valence-corrected chi connectivity index (χ2v) is 5.52. The Morgan fingerprint density at radius 3 is 2.67 bits per heavy atom. The summed E-state index contributed by atoms with van der Waals surface area (Å²) in [5.41, 5.74) is -0.906. The minimum atomic E-state index is -4.42. The highest BCUT2D eigenvalue weighted by Gasteiger charge is 2.33. The zero-order valence-corrected chi connectivity index (χ0v) is 11.8. The number of rotatable bonds is 5. The molecule has 1 saturated carbocycles. The van der Waals surface area contributed by atoms with Crippen LogP contribution in [-0.2, 0) is 17.5 Å². The van der Waals surface area contributed by atoms with Crippen LogP contribution in [0.15, 0.2) is 12.3 Å². The van der Waals surface area contributed by atoms with Gasteiger partial charge in [-0.25, -0.2) is 0 Å². The Labute approximate surface area is 121 Å². The van der Waals surface area contributed by atoms with E-state index in [9.17, 15) is 18.0 Å². The molecule has 1 aromatic rings. The van der Waals surface area contributed by atoms with Crippen molar-refractivity contribution in [2.45, 2.75) is 51.2 Å². The van der Waals surface area contributed by atoms with Gasteiger partial charge in [0.25, 0.3) is 0 Å². The smallest absolute Gasteiger partial charge is 0.354 e. The summed E-state index contributed by atoms with van der Waals surface area (Å²) in [6.07, 6.45) is 3.19. The lowest BCUT2D eigenvalue weighted by Gasteiger charge is -2.20. The quantitative estimate of drug-likeness (QED) is 0.909. The summed E-state index contributed by atoms with van der Waals surface area (Å²) in [7, 11) is 0. The van der Waals surface area contributed by atoms with Crippen LogP contribution in [0.2, 0.25) is 0 Å². The summed E-state index contributed by atoms with van der Waals surface area (Å²) in [6.45, 7) is 0.539. The fraction of sp³-hybridized carbons (Fsp3) is 0.714. The van der Waals surface area contributed by atoms with Crippen molar-refractivity contribution in [3.8, 4) is 0 Å². The normalized spacial score (nSPS) is 16.9. The fourth-order valence-corrected chi connectivity index (χ4v) is 2.67. The van der Waals surface area contributed by atoms with E-state index in [0.717, 1.165) is 18.9 Å². The van der Waals surface area contributed by atoms with Crippen LogP contribution in [-0.4, -0.2) is 22.2 Å². The fourth-order valence-electron chi connectivity index (χ4n) is 2.67. The highest BCUT2D eigenvalue weighted by atomic mass is 19.4. The van der Waals surface area contributed by atoms with Crippen molar-refractivity contribution in [3.05, 3.63) is 18.0 Å². The molecule has 1 N–H and O–H groups in total. The van der Waals surface area contributed by atoms with Crippen LogP contribution in [0.3, 0.4) is 0 Å². The van der Waals surface area contributed by atoms with Gasteiger partial charge < -0.3 is 5.32 Å². The zero-order valence-electron chi connectivity index (χ0n) is 11.8. The first-order chi connectivity index (χ1) is 9.95. The average Bonchev–Trinajstić information content (AvgIpc) is 2.88. The lowest BCUT2D eigenvalue weighted by atomic mass is 9.87. The van der Waals surface area contributed by atoms with E-state index in [2.05, 4.69) is 10.4 Å². The van der Waals surface area contributed by atoms with Crippen LogP contribution in [0.25, 0.3) is 0 Å². The molecule has 7 heteroatoms. The number of aromatic nitrogens is 2. The predicted molar refractivity (Wildman–Crippen MR) is 71.4 cm³/mol. The van der Waals surface area contributed by atoms with Gasteiger partial charge in [-0.3, -0.25) is 9.48 Å². The highest BCUT2D eigenvalue weighted by Crippen LogP contribution is 2.27. The SMILES string of the molecule is O=C(CC1CCCCC1)NCCn1ccc(C(F)(F)F)n1. The summed E-state index contributed by atoms with van der Waals surface area (Å²) in [6, 6.07) is 0.934. The molecule has 0 atom stereocenters. The number of nitrogens with one attached hydrogen (secondary N) is 1. The van der Waals surface area contributed by atoms with Gasteiger partial charge in [0.15, 0.2) is 5.69 Å². The number of amides is 1. The molecular formula is C14H20F3N3O. The first kappa shape index (κ1) is 15.9. The maximum absolute atomic E-state index is 12.4. The van der Waals surface area contributed by atoms with Gasteiger partial charge in [-0.1, -0.05) is 19.3 Å². The van der Waals surface area contributed by atoms with E-state index < -0.39 is 11.9 Å². The Bertz CT molecular complexity index is 464. The van der Waals surface area contributed by atoms with Gasteiger partial charge in [0.2, 0.25) is 5.91 Å². The Morgan fingerprint density at radius 1 is 1.33 bits per heavy atom. The van der Waals surface area contributed by atoms with Crippen molar-refractivity contribution in [2.75, 3.05) is 6.54 Å². The van der Waals surface area contributed by atoms with Crippen LogP contribution in [0.4, 0.5) is 13.2 Å². The first-order valence-corrected chi connectivity index (χ1v) is 7.32. The van der Waals surface area contributed by atoms with Crippen LogP contribution in [0.1, 0.15) is 44.2 Å². The average molecular weight is 303 g/mol. The van der Waals surface area contributed by atoms with Gasteiger partial charge in [-0.15, -0.1) is 0 Å². The predicted octanol–water partition coefficient (Wildman–Crippen LogP) is 2.99. The van der Waals surface area contributed by atoms with E-state index in [-0.39, 0.29) is 12.5 Å². The van der Waals surface area contributed by atoms with Crippen molar-refractivity contribution < 1.29 is 18.0 Å². The number of nitrogens with zero attached hydrogens (tertiary/aromatic N) is 2. The van der Waals surface area contributed by atoms with Crippen LogP contribution >= 0.6 is 0 Å². The molecule has 21 heavy (non-hydrogen) atoms. The van der Waals surface area contributed by atoms with Crippen LogP contribution in [0.5, 0.6) is 0 Å². The monoisotopic (exact) mass is 303 g/mol. The number of halogens is 3. The Morgan fingerprint density at radius 2 is 2.05 bits per heavy atom. The molecular weight excluding hydrogens is 283 g/mol. The summed E-state index contributed by atoms with van der Waals surface area (Å²) < 4.78 is 38.3. The minimum Gasteiger partial charge on any atom is -0.354 e. The molecule has 4 nitrogen and oxygen atoms in total. The Kier molecular flexibility index (Phi) is 5.25. The van der Waals surface area contributed by atoms with E-state index in [0.29, 0.717) is 18.9 Å². The third-order valence-corrected chi connectivity index (χ3v) is 3.79. The molecule has 0 aromatic carbocycles. The molecule has 0 aliphatic heterocycles. The van der Waals surface area contributed by atoms with Crippen molar-refractivity contribution in [1.82, 2.24) is 15.1 Å². The van der Waals surface area contributed by atoms with Gasteiger partial charge in [0, 0.05) is 19.2 Å². The second-order valence-electron chi connectivity index (χ2n) is 5.52. The topological polar surface area (TPSA) is 46.9 Å². The maximum Gasteiger partial charge on any atom is 0.435 e. The summed E-state index contributed by atoms with van der Waals surface area (Å²) >= 11 is 0. The number of carbonyl (C=O) groups is 1. The maximum atomic E-state index is 12.4. The minimum absolute atomic E-state index is 0.0231. The molecule has 1 fully saturated rings. The van der Waals surface area contributed by atoms with Gasteiger partial charge in [-0.2, -0.15) is 18.3 Å². The number of carbonyl (C=O) groups excluding carboxylic acids is 1. The molecule has 0 unspecified atom stereocenters. The number of hydrogen-bond acceptors (Lipinski definition) is 2. The van der Waals surface area contributed by atoms with Gasteiger partial charge in [0.05, 0.1) is 6.54 Å². The molecule has 0 saturated heterocycles. The lowest BCUT2D eigenvalue weighted by molar-refractivity contribution is -0.141. The number of hydrogen-bond donors (Lipinski definition) is 1. The van der Waals surface area contributed by atoms with E-state index in [1.54, 1.807) is 0 Å². The number of alkyl halides is 3. The largest absolute Gasteiger partial charge is 0.435 e. The Balaban J connectivity index is 1.69. The van der Waals surface area contributed by atoms with Crippen molar-refractivity contribution in [2.24, 2.45) is 5.92 Å². The Hall–Kier alpha value is -1.53. The van der Waals surface area contributed by atoms with E-state index in [1.165, 1.54) is 30.1 Å². The standard InChI is InChI=1S/C14H20F3N3O/c15-14(16,17)12-6-8-20(19-12)9-7-18-13(21)10-11-4-2-1-3-5-11/h6,8,11H,1-5,7,9-10H2,(H,18,21). The van der Waals surface area contributed by atoms with Crippen LogP contribution in [0, 0.1) is 5.92 Å². The molecule has 1 heterocycles. The van der Waals surface area contributed by atoms with Crippen LogP contribution < -0.4 is 5.32 Å². The first-order valence-electron chi connectivity index (χ1n) is 7.32. The molecule has 0 radical (unpaired) electrons. The molecule has 118 valence electrons. The third kappa shape index (κ3) is 5.06. The molecule has 1 aliphatic carbocycles. The molecule has 1 amide bonds. The summed E-state index contributed by atoms with van der Waals surface area (Å²) in [4.78, 5) is 11.7. The zero-order chi connectivity index (χ0) is 15.3. The van der Waals surface area contributed by atoms with Gasteiger partial charge >= 0.3 is 6.18 Å². The van der Waals surface area contributed by atoms with E-state index in [1.807, 2.05) is 0 Å². The van der Waals surface area contributed by atoms with E-state index >= 15 is 0 Å². The third-order valence-electron chi connectivity index (χ3n) is 3.79. The summed E-state index contributed by atoms with van der Waals surface area (Å²) in [5.74, 6) is 0.436. The molecule has 1 aliphatic rings. The molecule has 0 bridgehead atoms. The van der Waals surface area contributed by atoms with E-state index in [4.69, 9.17) is 0 Å². The molecule has 0 spiro atoms. The molecule has 2 rings (SSSR count). The van der Waals surface area contributed by atoms with Crippen molar-refractivity contribution in [3.63, 3.8) is 0 Å². The van der Waals surface area contributed by atoms with Crippen molar-refractivity contribution in [1.29, 1.82) is 0 Å². The van der Waals surface area contributed by atoms with Gasteiger partial charge in [0.1, 0.15) is 0 Å². The highest BCUT2D eigenvalue weighted by molar-refractivity contribution is 5.76. The lowest BCUT2D eigenvalue weighted by Crippen LogP contribution is -2.29. The summed E-state index contributed by atoms with van der Waals surface area (Å²) in [5, 5.41) is 6.18.